The number of methoxy groups -OCH3 is 1. The molecule has 0 heterocycles. The highest BCUT2D eigenvalue weighted by Crippen LogP contribution is 2.32. The maximum Gasteiger partial charge on any atom is 0.255 e. The molecule has 1 N–H and O–H groups in total. The zero-order chi connectivity index (χ0) is 16.3. The molecule has 0 aromatic heterocycles. The highest BCUT2D eigenvalue weighted by Gasteiger charge is 2.13. The van der Waals surface area contributed by atoms with E-state index in [4.69, 9.17) is 4.74 Å². The van der Waals surface area contributed by atoms with Crippen molar-refractivity contribution in [3.8, 4) is 5.75 Å². The Morgan fingerprint density at radius 2 is 1.82 bits per heavy atom. The third-order valence-electron chi connectivity index (χ3n) is 3.55. The largest absolute Gasteiger partial charge is 0.496 e. The Hall–Kier alpha value is -2.36. The van der Waals surface area contributed by atoms with Crippen LogP contribution in [0.1, 0.15) is 41.3 Å². The molecule has 3 nitrogen and oxygen atoms in total. The van der Waals surface area contributed by atoms with Crippen molar-refractivity contribution in [1.29, 1.82) is 0 Å². The number of carbonyl (C=O) groups is 1. The molecule has 116 valence electrons. The van der Waals surface area contributed by atoms with Crippen molar-refractivity contribution in [2.24, 2.45) is 0 Å². The molecule has 0 saturated carbocycles. The predicted molar refractivity (Wildman–Crippen MR) is 86.2 cm³/mol. The second-order valence-electron chi connectivity index (χ2n) is 5.52. The molecule has 2 rings (SSSR count). The molecule has 0 bridgehead atoms. The van der Waals surface area contributed by atoms with E-state index in [2.05, 4.69) is 19.2 Å². The first-order valence-electron chi connectivity index (χ1n) is 7.17. The molecule has 0 atom stereocenters. The Bertz CT molecular complexity index is 678. The maximum absolute atomic E-state index is 12.9. The Morgan fingerprint density at radius 1 is 1.18 bits per heavy atom. The SMILES string of the molecule is COc1cc(C)c(NC(=O)c2ccc(F)cc2)cc1C(C)C. The average molecular weight is 301 g/mol. The number of rotatable bonds is 4. The van der Waals surface area contributed by atoms with Crippen molar-refractivity contribution in [2.75, 3.05) is 12.4 Å². The van der Waals surface area contributed by atoms with Gasteiger partial charge in [-0.05, 0) is 60.4 Å². The first-order chi connectivity index (χ1) is 10.4. The van der Waals surface area contributed by atoms with Gasteiger partial charge in [0.05, 0.1) is 7.11 Å². The molecule has 2 aromatic rings. The minimum Gasteiger partial charge on any atom is -0.496 e. The summed E-state index contributed by atoms with van der Waals surface area (Å²) in [5, 5.41) is 2.88. The van der Waals surface area contributed by atoms with E-state index >= 15 is 0 Å². The van der Waals surface area contributed by atoms with E-state index in [1.54, 1.807) is 7.11 Å². The molecule has 0 unspecified atom stereocenters. The van der Waals surface area contributed by atoms with E-state index in [1.807, 2.05) is 19.1 Å². The molecule has 2 aromatic carbocycles. The standard InChI is InChI=1S/C18H20FNO2/c1-11(2)15-10-16(12(3)9-17(15)22-4)20-18(21)13-5-7-14(19)8-6-13/h5-11H,1-4H3,(H,20,21). The maximum atomic E-state index is 12.9. The first-order valence-corrected chi connectivity index (χ1v) is 7.17. The Balaban J connectivity index is 2.30. The minimum atomic E-state index is -0.362. The summed E-state index contributed by atoms with van der Waals surface area (Å²) in [5.41, 5.74) is 3.10. The van der Waals surface area contributed by atoms with Gasteiger partial charge in [-0.2, -0.15) is 0 Å². The van der Waals surface area contributed by atoms with E-state index in [-0.39, 0.29) is 17.6 Å². The number of hydrogen-bond donors (Lipinski definition) is 1. The summed E-state index contributed by atoms with van der Waals surface area (Å²) in [7, 11) is 1.64. The second kappa shape index (κ2) is 6.60. The van der Waals surface area contributed by atoms with Crippen LogP contribution in [-0.2, 0) is 0 Å². The van der Waals surface area contributed by atoms with Gasteiger partial charge in [0.15, 0.2) is 0 Å². The molecule has 0 spiro atoms. The van der Waals surface area contributed by atoms with Crippen LogP contribution in [0.5, 0.6) is 5.75 Å². The molecule has 4 heteroatoms. The van der Waals surface area contributed by atoms with E-state index in [9.17, 15) is 9.18 Å². The normalized spacial score (nSPS) is 10.6. The van der Waals surface area contributed by atoms with Gasteiger partial charge < -0.3 is 10.1 Å². The monoisotopic (exact) mass is 301 g/mol. The molecule has 1 amide bonds. The lowest BCUT2D eigenvalue weighted by Gasteiger charge is -2.16. The quantitative estimate of drug-likeness (QED) is 0.901. The fraction of sp³-hybridized carbons (Fsp3) is 0.278. The molecular weight excluding hydrogens is 281 g/mol. The van der Waals surface area contributed by atoms with E-state index in [1.165, 1.54) is 24.3 Å². The number of carbonyl (C=O) groups excluding carboxylic acids is 1. The van der Waals surface area contributed by atoms with E-state index < -0.39 is 0 Å². The van der Waals surface area contributed by atoms with Crippen LogP contribution in [0.4, 0.5) is 10.1 Å². The number of anilines is 1. The smallest absolute Gasteiger partial charge is 0.255 e. The molecule has 22 heavy (non-hydrogen) atoms. The molecule has 0 radical (unpaired) electrons. The Kier molecular flexibility index (Phi) is 4.81. The lowest BCUT2D eigenvalue weighted by Crippen LogP contribution is -2.13. The Morgan fingerprint density at radius 3 is 2.36 bits per heavy atom. The van der Waals surface area contributed by atoms with Crippen molar-refractivity contribution in [2.45, 2.75) is 26.7 Å². The lowest BCUT2D eigenvalue weighted by atomic mass is 9.99. The average Bonchev–Trinajstić information content (AvgIpc) is 2.49. The highest BCUT2D eigenvalue weighted by atomic mass is 19.1. The van der Waals surface area contributed by atoms with Crippen LogP contribution < -0.4 is 10.1 Å². The summed E-state index contributed by atoms with van der Waals surface area (Å²) in [6.45, 7) is 6.05. The van der Waals surface area contributed by atoms with Crippen molar-refractivity contribution in [1.82, 2.24) is 0 Å². The summed E-state index contributed by atoms with van der Waals surface area (Å²) in [6.07, 6.45) is 0. The minimum absolute atomic E-state index is 0.261. The zero-order valence-electron chi connectivity index (χ0n) is 13.2. The van der Waals surface area contributed by atoms with Gasteiger partial charge in [0.2, 0.25) is 0 Å². The molecule has 0 aliphatic heterocycles. The number of hydrogen-bond acceptors (Lipinski definition) is 2. The third-order valence-corrected chi connectivity index (χ3v) is 3.55. The molecular formula is C18H20FNO2. The van der Waals surface area contributed by atoms with Crippen LogP contribution >= 0.6 is 0 Å². The van der Waals surface area contributed by atoms with Crippen molar-refractivity contribution < 1.29 is 13.9 Å². The summed E-state index contributed by atoms with van der Waals surface area (Å²) in [4.78, 5) is 12.2. The summed E-state index contributed by atoms with van der Waals surface area (Å²) >= 11 is 0. The van der Waals surface area contributed by atoms with Crippen LogP contribution in [0.25, 0.3) is 0 Å². The van der Waals surface area contributed by atoms with E-state index in [0.29, 0.717) is 5.56 Å². The number of amides is 1. The van der Waals surface area contributed by atoms with Crippen molar-refractivity contribution in [3.63, 3.8) is 0 Å². The van der Waals surface area contributed by atoms with Gasteiger partial charge in [0.25, 0.3) is 5.91 Å². The third kappa shape index (κ3) is 3.45. The molecule has 0 aliphatic rings. The summed E-state index contributed by atoms with van der Waals surface area (Å²) in [6, 6.07) is 9.32. The molecule has 0 aliphatic carbocycles. The fourth-order valence-electron chi connectivity index (χ4n) is 2.26. The van der Waals surface area contributed by atoms with E-state index in [0.717, 1.165) is 22.6 Å². The number of aryl methyl sites for hydroxylation is 1. The van der Waals surface area contributed by atoms with Crippen LogP contribution in [0, 0.1) is 12.7 Å². The van der Waals surface area contributed by atoms with Gasteiger partial charge >= 0.3 is 0 Å². The summed E-state index contributed by atoms with van der Waals surface area (Å²) < 4.78 is 18.3. The van der Waals surface area contributed by atoms with Gasteiger partial charge in [0.1, 0.15) is 11.6 Å². The van der Waals surface area contributed by atoms with Gasteiger partial charge in [0, 0.05) is 11.3 Å². The van der Waals surface area contributed by atoms with Crippen LogP contribution in [-0.4, -0.2) is 13.0 Å². The predicted octanol–water partition coefficient (Wildman–Crippen LogP) is 4.52. The van der Waals surface area contributed by atoms with Crippen LogP contribution in [0.2, 0.25) is 0 Å². The van der Waals surface area contributed by atoms with Gasteiger partial charge in [-0.3, -0.25) is 4.79 Å². The highest BCUT2D eigenvalue weighted by molar-refractivity contribution is 6.04. The second-order valence-corrected chi connectivity index (χ2v) is 5.52. The van der Waals surface area contributed by atoms with Crippen molar-refractivity contribution >= 4 is 11.6 Å². The lowest BCUT2D eigenvalue weighted by molar-refractivity contribution is 0.102. The number of halogens is 1. The molecule has 0 fully saturated rings. The van der Waals surface area contributed by atoms with Gasteiger partial charge in [-0.1, -0.05) is 13.8 Å². The zero-order valence-corrected chi connectivity index (χ0v) is 13.2. The number of nitrogens with one attached hydrogen (secondary N) is 1. The summed E-state index contributed by atoms with van der Waals surface area (Å²) in [5.74, 6) is 0.464. The fourth-order valence-corrected chi connectivity index (χ4v) is 2.26. The first kappa shape index (κ1) is 16.0. The van der Waals surface area contributed by atoms with Crippen LogP contribution in [0.15, 0.2) is 36.4 Å². The van der Waals surface area contributed by atoms with Crippen molar-refractivity contribution in [3.05, 3.63) is 58.9 Å². The molecule has 0 saturated heterocycles. The topological polar surface area (TPSA) is 38.3 Å². The van der Waals surface area contributed by atoms with Gasteiger partial charge in [-0.15, -0.1) is 0 Å². The Labute approximate surface area is 130 Å². The van der Waals surface area contributed by atoms with Crippen LogP contribution in [0.3, 0.4) is 0 Å². The number of ether oxygens (including phenoxy) is 1. The number of benzene rings is 2. The van der Waals surface area contributed by atoms with Gasteiger partial charge in [-0.25, -0.2) is 4.39 Å².